The zero-order valence-electron chi connectivity index (χ0n) is 16.1. The Morgan fingerprint density at radius 2 is 1.85 bits per heavy atom. The lowest BCUT2D eigenvalue weighted by Gasteiger charge is -2.29. The second-order valence-corrected chi connectivity index (χ2v) is 6.71. The SMILES string of the molecule is COc1ccc(C)cc1NC(C)C(=O)Nc1ccc(N2CCOCC2)cc1. The molecule has 1 heterocycles. The number of carbonyl (C=O) groups is 1. The fourth-order valence-corrected chi connectivity index (χ4v) is 3.06. The lowest BCUT2D eigenvalue weighted by molar-refractivity contribution is -0.116. The summed E-state index contributed by atoms with van der Waals surface area (Å²) in [5.41, 5.74) is 3.83. The van der Waals surface area contributed by atoms with Crippen LogP contribution >= 0.6 is 0 Å². The predicted octanol–water partition coefficient (Wildman–Crippen LogP) is 3.28. The molecule has 0 aromatic heterocycles. The van der Waals surface area contributed by atoms with Gasteiger partial charge in [-0.25, -0.2) is 0 Å². The Hall–Kier alpha value is -2.73. The summed E-state index contributed by atoms with van der Waals surface area (Å²) in [5.74, 6) is 0.618. The van der Waals surface area contributed by atoms with Gasteiger partial charge in [0.25, 0.3) is 0 Å². The Bertz CT molecular complexity index is 771. The van der Waals surface area contributed by atoms with E-state index in [1.807, 2.05) is 56.3 Å². The minimum atomic E-state index is -0.403. The van der Waals surface area contributed by atoms with Crippen LogP contribution in [-0.4, -0.2) is 45.4 Å². The summed E-state index contributed by atoms with van der Waals surface area (Å²) in [6.07, 6.45) is 0. The molecule has 2 N–H and O–H groups in total. The molecule has 1 saturated heterocycles. The van der Waals surface area contributed by atoms with Crippen molar-refractivity contribution in [3.63, 3.8) is 0 Å². The Morgan fingerprint density at radius 3 is 2.52 bits per heavy atom. The maximum atomic E-state index is 12.5. The van der Waals surface area contributed by atoms with E-state index >= 15 is 0 Å². The lowest BCUT2D eigenvalue weighted by atomic mass is 10.2. The van der Waals surface area contributed by atoms with Crippen LogP contribution in [0.4, 0.5) is 17.1 Å². The summed E-state index contributed by atoms with van der Waals surface area (Å²) < 4.78 is 10.7. The minimum Gasteiger partial charge on any atom is -0.495 e. The lowest BCUT2D eigenvalue weighted by Crippen LogP contribution is -2.36. The molecule has 1 unspecified atom stereocenters. The normalized spacial score (nSPS) is 15.1. The number of nitrogens with zero attached hydrogens (tertiary/aromatic N) is 1. The standard InChI is InChI=1S/C21H27N3O3/c1-15-4-9-20(26-3)19(14-15)22-16(2)21(25)23-17-5-7-18(8-6-17)24-10-12-27-13-11-24/h4-9,14,16,22H,10-13H2,1-3H3,(H,23,25). The van der Waals surface area contributed by atoms with E-state index in [1.165, 1.54) is 0 Å². The minimum absolute atomic E-state index is 0.0994. The number of nitrogens with one attached hydrogen (secondary N) is 2. The molecule has 144 valence electrons. The molecular formula is C21H27N3O3. The Morgan fingerprint density at radius 1 is 1.15 bits per heavy atom. The fraction of sp³-hybridized carbons (Fsp3) is 0.381. The zero-order chi connectivity index (χ0) is 19.2. The van der Waals surface area contributed by atoms with E-state index in [4.69, 9.17) is 9.47 Å². The van der Waals surface area contributed by atoms with Crippen LogP contribution < -0.4 is 20.3 Å². The van der Waals surface area contributed by atoms with Gasteiger partial charge in [-0.15, -0.1) is 0 Å². The molecule has 6 heteroatoms. The summed E-state index contributed by atoms with van der Waals surface area (Å²) in [4.78, 5) is 14.8. The fourth-order valence-electron chi connectivity index (χ4n) is 3.06. The highest BCUT2D eigenvalue weighted by Gasteiger charge is 2.16. The first-order chi connectivity index (χ1) is 13.1. The van der Waals surface area contributed by atoms with Crippen LogP contribution in [0.2, 0.25) is 0 Å². The second kappa shape index (κ2) is 8.77. The third-order valence-electron chi connectivity index (χ3n) is 4.63. The van der Waals surface area contributed by atoms with Crippen molar-refractivity contribution in [2.75, 3.05) is 48.9 Å². The summed E-state index contributed by atoms with van der Waals surface area (Å²) in [6.45, 7) is 7.13. The molecule has 0 spiro atoms. The molecular weight excluding hydrogens is 342 g/mol. The van der Waals surface area contributed by atoms with Gasteiger partial charge in [0.1, 0.15) is 11.8 Å². The van der Waals surface area contributed by atoms with Crippen molar-refractivity contribution in [1.82, 2.24) is 0 Å². The quantitative estimate of drug-likeness (QED) is 0.818. The van der Waals surface area contributed by atoms with Crippen LogP contribution in [0.5, 0.6) is 5.75 Å². The number of carbonyl (C=O) groups excluding carboxylic acids is 1. The molecule has 0 bridgehead atoms. The monoisotopic (exact) mass is 369 g/mol. The summed E-state index contributed by atoms with van der Waals surface area (Å²) in [7, 11) is 1.62. The largest absolute Gasteiger partial charge is 0.495 e. The first-order valence-electron chi connectivity index (χ1n) is 9.21. The van der Waals surface area contributed by atoms with Crippen molar-refractivity contribution < 1.29 is 14.3 Å². The molecule has 0 saturated carbocycles. The Labute approximate surface area is 160 Å². The molecule has 6 nitrogen and oxygen atoms in total. The van der Waals surface area contributed by atoms with Gasteiger partial charge in [0, 0.05) is 24.5 Å². The van der Waals surface area contributed by atoms with Gasteiger partial charge in [-0.2, -0.15) is 0 Å². The molecule has 1 aliphatic rings. The topological polar surface area (TPSA) is 62.8 Å². The van der Waals surface area contributed by atoms with E-state index in [-0.39, 0.29) is 5.91 Å². The van der Waals surface area contributed by atoms with Gasteiger partial charge in [0.15, 0.2) is 0 Å². The van der Waals surface area contributed by atoms with Crippen molar-refractivity contribution in [1.29, 1.82) is 0 Å². The van der Waals surface area contributed by atoms with Gasteiger partial charge in [0.05, 0.1) is 26.0 Å². The third kappa shape index (κ3) is 4.92. The highest BCUT2D eigenvalue weighted by atomic mass is 16.5. The summed E-state index contributed by atoms with van der Waals surface area (Å²) in [6, 6.07) is 13.4. The van der Waals surface area contributed by atoms with Crippen LogP contribution in [0.25, 0.3) is 0 Å². The predicted molar refractivity (Wildman–Crippen MR) is 109 cm³/mol. The van der Waals surface area contributed by atoms with E-state index in [9.17, 15) is 4.79 Å². The van der Waals surface area contributed by atoms with Crippen molar-refractivity contribution in [2.45, 2.75) is 19.9 Å². The summed E-state index contributed by atoms with van der Waals surface area (Å²) >= 11 is 0. The van der Waals surface area contributed by atoms with Crippen LogP contribution in [-0.2, 0) is 9.53 Å². The summed E-state index contributed by atoms with van der Waals surface area (Å²) in [5, 5.41) is 6.18. The number of aryl methyl sites for hydroxylation is 1. The van der Waals surface area contributed by atoms with Gasteiger partial charge in [-0.05, 0) is 55.8 Å². The first kappa shape index (κ1) is 19.0. The number of morpholine rings is 1. The van der Waals surface area contributed by atoms with Crippen LogP contribution in [0.15, 0.2) is 42.5 Å². The van der Waals surface area contributed by atoms with Crippen LogP contribution in [0, 0.1) is 6.92 Å². The number of anilines is 3. The molecule has 0 aliphatic carbocycles. The van der Waals surface area contributed by atoms with Crippen molar-refractivity contribution >= 4 is 23.0 Å². The average molecular weight is 369 g/mol. The van der Waals surface area contributed by atoms with Crippen LogP contribution in [0.1, 0.15) is 12.5 Å². The number of amides is 1. The average Bonchev–Trinajstić information content (AvgIpc) is 2.69. The number of hydrogen-bond donors (Lipinski definition) is 2. The highest BCUT2D eigenvalue weighted by molar-refractivity contribution is 5.96. The molecule has 2 aromatic carbocycles. The van der Waals surface area contributed by atoms with Gasteiger partial charge in [-0.3, -0.25) is 4.79 Å². The number of benzene rings is 2. The molecule has 1 fully saturated rings. The Kier molecular flexibility index (Phi) is 6.19. The van der Waals surface area contributed by atoms with E-state index in [2.05, 4.69) is 15.5 Å². The molecule has 1 atom stereocenters. The van der Waals surface area contributed by atoms with Crippen molar-refractivity contribution in [3.05, 3.63) is 48.0 Å². The van der Waals surface area contributed by atoms with E-state index < -0.39 is 6.04 Å². The molecule has 1 aliphatic heterocycles. The highest BCUT2D eigenvalue weighted by Crippen LogP contribution is 2.26. The number of ether oxygens (including phenoxy) is 2. The molecule has 27 heavy (non-hydrogen) atoms. The van der Waals surface area contributed by atoms with Gasteiger partial charge >= 0.3 is 0 Å². The van der Waals surface area contributed by atoms with Gasteiger partial charge in [-0.1, -0.05) is 6.07 Å². The Balaban J connectivity index is 1.60. The zero-order valence-corrected chi connectivity index (χ0v) is 16.1. The molecule has 2 aromatic rings. The molecule has 1 amide bonds. The number of methoxy groups -OCH3 is 1. The smallest absolute Gasteiger partial charge is 0.246 e. The number of rotatable bonds is 6. The van der Waals surface area contributed by atoms with Gasteiger partial charge in [0.2, 0.25) is 5.91 Å². The van der Waals surface area contributed by atoms with Gasteiger partial charge < -0.3 is 25.0 Å². The molecule has 3 rings (SSSR count). The maximum Gasteiger partial charge on any atom is 0.246 e. The molecule has 0 radical (unpaired) electrons. The maximum absolute atomic E-state index is 12.5. The van der Waals surface area contributed by atoms with E-state index in [0.717, 1.165) is 54.7 Å². The second-order valence-electron chi connectivity index (χ2n) is 6.71. The van der Waals surface area contributed by atoms with E-state index in [1.54, 1.807) is 7.11 Å². The van der Waals surface area contributed by atoms with Crippen molar-refractivity contribution in [2.24, 2.45) is 0 Å². The third-order valence-corrected chi connectivity index (χ3v) is 4.63. The van der Waals surface area contributed by atoms with Crippen molar-refractivity contribution in [3.8, 4) is 5.75 Å². The number of hydrogen-bond acceptors (Lipinski definition) is 5. The van der Waals surface area contributed by atoms with Crippen LogP contribution in [0.3, 0.4) is 0 Å². The first-order valence-corrected chi connectivity index (χ1v) is 9.21. The van der Waals surface area contributed by atoms with E-state index in [0.29, 0.717) is 0 Å².